The summed E-state index contributed by atoms with van der Waals surface area (Å²) in [6.45, 7) is 0.276. The summed E-state index contributed by atoms with van der Waals surface area (Å²) in [5.74, 6) is 0.377. The topological polar surface area (TPSA) is 61.9 Å². The quantitative estimate of drug-likeness (QED) is 0.731. The number of benzene rings is 3. The van der Waals surface area contributed by atoms with Gasteiger partial charge >= 0.3 is 0 Å². The molecule has 6 nitrogen and oxygen atoms in total. The van der Waals surface area contributed by atoms with Crippen LogP contribution in [0.4, 0.5) is 11.4 Å². The number of ether oxygens (including phenoxy) is 1. The Morgan fingerprint density at radius 2 is 1.63 bits per heavy atom. The average molecular weight is 399 g/mol. The van der Waals surface area contributed by atoms with E-state index in [-0.39, 0.29) is 18.4 Å². The van der Waals surface area contributed by atoms with Crippen LogP contribution in [-0.2, 0) is 17.0 Å². The minimum absolute atomic E-state index is 0.180. The number of para-hydroxylation sites is 2. The molecule has 0 saturated carbocycles. The summed E-state index contributed by atoms with van der Waals surface area (Å²) in [5.41, 5.74) is 2.39. The molecule has 1 N–H and O–H groups in total. The van der Waals surface area contributed by atoms with Crippen LogP contribution in [0.5, 0.6) is 5.75 Å². The predicted octanol–water partition coefficient (Wildman–Crippen LogP) is 3.59. The van der Waals surface area contributed by atoms with Gasteiger partial charge in [-0.25, -0.2) is 0 Å². The van der Waals surface area contributed by atoms with Crippen LogP contribution in [-0.4, -0.2) is 30.9 Å². The number of anilines is 2. The lowest BCUT2D eigenvalue weighted by molar-refractivity contribution is -0.127. The highest BCUT2D eigenvalue weighted by molar-refractivity contribution is 6.15. The van der Waals surface area contributed by atoms with E-state index < -0.39 is 5.66 Å². The number of hydrogen-bond donors (Lipinski definition) is 1. The van der Waals surface area contributed by atoms with Crippen LogP contribution >= 0.6 is 0 Å². The van der Waals surface area contributed by atoms with Crippen molar-refractivity contribution in [3.05, 3.63) is 89.5 Å². The molecule has 0 radical (unpaired) electrons. The Labute approximate surface area is 174 Å². The van der Waals surface area contributed by atoms with Gasteiger partial charge in [0.2, 0.25) is 5.66 Å². The summed E-state index contributed by atoms with van der Waals surface area (Å²) in [7, 11) is 3.36. The molecule has 0 bridgehead atoms. The van der Waals surface area contributed by atoms with E-state index in [0.29, 0.717) is 11.3 Å². The van der Waals surface area contributed by atoms with Crippen LogP contribution in [0.1, 0.15) is 21.5 Å². The predicted molar refractivity (Wildman–Crippen MR) is 114 cm³/mol. The third-order valence-corrected chi connectivity index (χ3v) is 5.89. The van der Waals surface area contributed by atoms with E-state index in [0.717, 1.165) is 22.6 Å². The molecule has 2 aliphatic rings. The summed E-state index contributed by atoms with van der Waals surface area (Å²) in [6.07, 6.45) is 0. The lowest BCUT2D eigenvalue weighted by atomic mass is 9.92. The lowest BCUT2D eigenvalue weighted by Crippen LogP contribution is -2.61. The summed E-state index contributed by atoms with van der Waals surface area (Å²) >= 11 is 0. The maximum absolute atomic E-state index is 13.7. The van der Waals surface area contributed by atoms with Gasteiger partial charge in [0, 0.05) is 24.8 Å². The van der Waals surface area contributed by atoms with E-state index >= 15 is 0 Å². The highest BCUT2D eigenvalue weighted by atomic mass is 16.5. The van der Waals surface area contributed by atoms with E-state index in [1.807, 2.05) is 66.7 Å². The Hall–Kier alpha value is -3.80. The largest absolute Gasteiger partial charge is 0.497 e. The number of carbonyl (C=O) groups is 2. The maximum Gasteiger partial charge on any atom is 0.278 e. The van der Waals surface area contributed by atoms with Gasteiger partial charge in [-0.2, -0.15) is 0 Å². The van der Waals surface area contributed by atoms with Gasteiger partial charge in [0.05, 0.1) is 18.4 Å². The minimum Gasteiger partial charge on any atom is -0.497 e. The van der Waals surface area contributed by atoms with Crippen molar-refractivity contribution in [2.24, 2.45) is 0 Å². The number of fused-ring (bicyclic) bond motifs is 3. The SMILES string of the molecule is COc1ccc(CN2C(=O)c3ccccc3N[C@@]23C(=O)N(C)c2ccccc23)cc1. The van der Waals surface area contributed by atoms with Gasteiger partial charge in [0.15, 0.2) is 0 Å². The van der Waals surface area contributed by atoms with Crippen LogP contribution in [0.25, 0.3) is 0 Å². The van der Waals surface area contributed by atoms with Gasteiger partial charge < -0.3 is 15.0 Å². The van der Waals surface area contributed by atoms with Crippen molar-refractivity contribution in [2.75, 3.05) is 24.4 Å². The minimum atomic E-state index is -1.29. The fraction of sp³-hybridized carbons (Fsp3) is 0.167. The van der Waals surface area contributed by atoms with Gasteiger partial charge in [-0.15, -0.1) is 0 Å². The number of nitrogens with zero attached hydrogens (tertiary/aromatic N) is 2. The van der Waals surface area contributed by atoms with Crippen molar-refractivity contribution in [1.82, 2.24) is 4.90 Å². The van der Waals surface area contributed by atoms with E-state index in [9.17, 15) is 9.59 Å². The van der Waals surface area contributed by atoms with Crippen molar-refractivity contribution in [2.45, 2.75) is 12.2 Å². The second-order valence-electron chi connectivity index (χ2n) is 7.50. The van der Waals surface area contributed by atoms with Crippen LogP contribution in [0.15, 0.2) is 72.8 Å². The highest BCUT2D eigenvalue weighted by Crippen LogP contribution is 2.47. The lowest BCUT2D eigenvalue weighted by Gasteiger charge is -2.45. The molecular weight excluding hydrogens is 378 g/mol. The standard InChI is InChI=1S/C24H21N3O3/c1-26-21-10-6-4-8-19(21)24(23(26)29)25-20-9-5-3-7-18(20)22(28)27(24)15-16-11-13-17(30-2)14-12-16/h3-14,25H,15H2,1-2H3/t24-/m1/s1. The third-order valence-electron chi connectivity index (χ3n) is 5.89. The van der Waals surface area contributed by atoms with Crippen LogP contribution in [0.3, 0.4) is 0 Å². The highest BCUT2D eigenvalue weighted by Gasteiger charge is 2.58. The monoisotopic (exact) mass is 399 g/mol. The van der Waals surface area contributed by atoms with Crippen LogP contribution in [0, 0.1) is 0 Å². The molecule has 2 amide bonds. The van der Waals surface area contributed by atoms with Crippen molar-refractivity contribution < 1.29 is 14.3 Å². The molecule has 5 rings (SSSR count). The molecule has 2 heterocycles. The van der Waals surface area contributed by atoms with Gasteiger partial charge in [0.25, 0.3) is 11.8 Å². The second kappa shape index (κ2) is 6.62. The summed E-state index contributed by atoms with van der Waals surface area (Å²) in [6, 6.07) is 22.5. The Bertz CT molecular complexity index is 1160. The Morgan fingerprint density at radius 1 is 0.933 bits per heavy atom. The van der Waals surface area contributed by atoms with Gasteiger partial charge in [0.1, 0.15) is 5.75 Å². The average Bonchev–Trinajstić information content (AvgIpc) is 3.00. The van der Waals surface area contributed by atoms with Crippen LogP contribution < -0.4 is 15.0 Å². The van der Waals surface area contributed by atoms with Crippen molar-refractivity contribution in [3.63, 3.8) is 0 Å². The molecule has 6 heteroatoms. The maximum atomic E-state index is 13.7. The molecule has 0 unspecified atom stereocenters. The third kappa shape index (κ3) is 2.43. The molecule has 3 aromatic rings. The Balaban J connectivity index is 1.69. The van der Waals surface area contributed by atoms with Crippen LogP contribution in [0.2, 0.25) is 0 Å². The number of nitrogens with one attached hydrogen (secondary N) is 1. The summed E-state index contributed by atoms with van der Waals surface area (Å²) in [5, 5.41) is 3.42. The zero-order valence-corrected chi connectivity index (χ0v) is 16.8. The molecule has 0 aromatic heterocycles. The number of methoxy groups -OCH3 is 1. The Kier molecular flexibility index (Phi) is 4.03. The first kappa shape index (κ1) is 18.2. The van der Waals surface area contributed by atoms with Crippen molar-refractivity contribution >= 4 is 23.2 Å². The fourth-order valence-electron chi connectivity index (χ4n) is 4.36. The Morgan fingerprint density at radius 3 is 2.40 bits per heavy atom. The van der Waals surface area contributed by atoms with Gasteiger partial charge in [-0.05, 0) is 35.9 Å². The van der Waals surface area contributed by atoms with Crippen molar-refractivity contribution in [3.8, 4) is 5.75 Å². The zero-order valence-electron chi connectivity index (χ0n) is 16.8. The zero-order chi connectivity index (χ0) is 20.9. The number of likely N-dealkylation sites (N-methyl/N-ethyl adjacent to an activating group) is 1. The molecule has 0 saturated heterocycles. The first-order valence-corrected chi connectivity index (χ1v) is 9.76. The number of carbonyl (C=O) groups excluding carboxylic acids is 2. The first-order valence-electron chi connectivity index (χ1n) is 9.76. The molecule has 1 spiro atoms. The second-order valence-corrected chi connectivity index (χ2v) is 7.50. The molecular formula is C24H21N3O3. The summed E-state index contributed by atoms with van der Waals surface area (Å²) < 4.78 is 5.24. The molecule has 30 heavy (non-hydrogen) atoms. The number of hydrogen-bond acceptors (Lipinski definition) is 4. The van der Waals surface area contributed by atoms with Crippen molar-refractivity contribution in [1.29, 1.82) is 0 Å². The first-order chi connectivity index (χ1) is 14.6. The molecule has 3 aromatic carbocycles. The molecule has 0 fully saturated rings. The summed E-state index contributed by atoms with van der Waals surface area (Å²) in [4.78, 5) is 30.6. The fourth-order valence-corrected chi connectivity index (χ4v) is 4.36. The van der Waals surface area contributed by atoms with E-state index in [1.165, 1.54) is 0 Å². The number of rotatable bonds is 3. The molecule has 2 aliphatic heterocycles. The van der Waals surface area contributed by atoms with Gasteiger partial charge in [-0.1, -0.05) is 42.5 Å². The molecule has 1 atom stereocenters. The van der Waals surface area contributed by atoms with E-state index in [2.05, 4.69) is 5.32 Å². The number of amides is 2. The van der Waals surface area contributed by atoms with E-state index in [4.69, 9.17) is 4.74 Å². The molecule has 0 aliphatic carbocycles. The molecule has 150 valence electrons. The van der Waals surface area contributed by atoms with Gasteiger partial charge in [-0.3, -0.25) is 14.5 Å². The smallest absolute Gasteiger partial charge is 0.278 e. The normalized spacial score (nSPS) is 19.5. The van der Waals surface area contributed by atoms with E-state index in [1.54, 1.807) is 30.0 Å².